The summed E-state index contributed by atoms with van der Waals surface area (Å²) >= 11 is 0. The van der Waals surface area contributed by atoms with Gasteiger partial charge in [0.15, 0.2) is 0 Å². The number of H-pyrrole nitrogens is 1. The predicted octanol–water partition coefficient (Wildman–Crippen LogP) is 2.97. The molecule has 4 nitrogen and oxygen atoms in total. The first kappa shape index (κ1) is 15.6. The molecule has 120 valence electrons. The molecule has 0 aliphatic rings. The van der Waals surface area contributed by atoms with Crippen LogP contribution in [0.5, 0.6) is 0 Å². The summed E-state index contributed by atoms with van der Waals surface area (Å²) in [5, 5.41) is 0.728. The highest BCUT2D eigenvalue weighted by atomic mass is 32.2. The number of halogens is 2. The van der Waals surface area contributed by atoms with Crippen LogP contribution in [0, 0.1) is 11.6 Å². The number of hydrogen-bond donors (Lipinski definition) is 2. The summed E-state index contributed by atoms with van der Waals surface area (Å²) in [6.45, 7) is 0.156. The third-order valence-electron chi connectivity index (χ3n) is 3.54. The standard InChI is InChI=1S/C16H14F2N2O2S/c17-12-1-4-14(5-2-12)23(21,22)20-8-7-11-10-19-16-6-3-13(18)9-15(11)16/h1-6,9-10,19-20H,7-8H2. The Morgan fingerprint density at radius 1 is 1.00 bits per heavy atom. The zero-order chi connectivity index (χ0) is 16.4. The van der Waals surface area contributed by atoms with Crippen molar-refractivity contribution in [1.29, 1.82) is 0 Å². The van der Waals surface area contributed by atoms with Crippen molar-refractivity contribution in [3.63, 3.8) is 0 Å². The van der Waals surface area contributed by atoms with Crippen molar-refractivity contribution in [2.24, 2.45) is 0 Å². The number of benzene rings is 2. The van der Waals surface area contributed by atoms with Gasteiger partial charge in [0.2, 0.25) is 10.0 Å². The van der Waals surface area contributed by atoms with Crippen LogP contribution < -0.4 is 4.72 Å². The van der Waals surface area contributed by atoms with Crippen molar-refractivity contribution in [2.45, 2.75) is 11.3 Å². The molecule has 0 saturated heterocycles. The molecule has 0 spiro atoms. The molecule has 0 atom stereocenters. The molecule has 1 aromatic heterocycles. The summed E-state index contributed by atoms with van der Waals surface area (Å²) in [6, 6.07) is 9.01. The third-order valence-corrected chi connectivity index (χ3v) is 5.02. The molecule has 0 amide bonds. The van der Waals surface area contributed by atoms with E-state index in [0.29, 0.717) is 6.42 Å². The van der Waals surface area contributed by atoms with Crippen LogP contribution in [0.15, 0.2) is 53.6 Å². The molecule has 3 rings (SSSR count). The maximum absolute atomic E-state index is 13.3. The van der Waals surface area contributed by atoms with Crippen LogP contribution in [0.4, 0.5) is 8.78 Å². The van der Waals surface area contributed by atoms with Gasteiger partial charge in [-0.05, 0) is 54.4 Å². The van der Waals surface area contributed by atoms with Gasteiger partial charge in [0.05, 0.1) is 4.90 Å². The second kappa shape index (κ2) is 6.10. The van der Waals surface area contributed by atoms with Gasteiger partial charge in [-0.3, -0.25) is 0 Å². The van der Waals surface area contributed by atoms with Crippen LogP contribution in [0.3, 0.4) is 0 Å². The highest BCUT2D eigenvalue weighted by Gasteiger charge is 2.14. The summed E-state index contributed by atoms with van der Waals surface area (Å²) in [5.41, 5.74) is 1.61. The molecule has 2 N–H and O–H groups in total. The average molecular weight is 336 g/mol. The normalized spacial score (nSPS) is 11.9. The topological polar surface area (TPSA) is 62.0 Å². The Labute approximate surface area is 132 Å². The molecule has 0 fully saturated rings. The number of hydrogen-bond acceptors (Lipinski definition) is 2. The van der Waals surface area contributed by atoms with Gasteiger partial charge in [0, 0.05) is 23.6 Å². The maximum Gasteiger partial charge on any atom is 0.240 e. The molecule has 0 radical (unpaired) electrons. The first-order valence-electron chi connectivity index (χ1n) is 6.96. The van der Waals surface area contributed by atoms with Crippen molar-refractivity contribution in [3.8, 4) is 0 Å². The minimum Gasteiger partial charge on any atom is -0.361 e. The highest BCUT2D eigenvalue weighted by Crippen LogP contribution is 2.19. The van der Waals surface area contributed by atoms with Crippen LogP contribution in [0.25, 0.3) is 10.9 Å². The van der Waals surface area contributed by atoms with Crippen molar-refractivity contribution in [2.75, 3.05) is 6.54 Å². The van der Waals surface area contributed by atoms with E-state index in [1.165, 1.54) is 24.3 Å². The van der Waals surface area contributed by atoms with E-state index in [9.17, 15) is 17.2 Å². The van der Waals surface area contributed by atoms with Crippen molar-refractivity contribution < 1.29 is 17.2 Å². The number of sulfonamides is 1. The van der Waals surface area contributed by atoms with Crippen molar-refractivity contribution in [1.82, 2.24) is 9.71 Å². The molecule has 0 saturated carbocycles. The fourth-order valence-corrected chi connectivity index (χ4v) is 3.41. The Morgan fingerprint density at radius 2 is 1.70 bits per heavy atom. The smallest absolute Gasteiger partial charge is 0.240 e. The van der Waals surface area contributed by atoms with Crippen molar-refractivity contribution >= 4 is 20.9 Å². The van der Waals surface area contributed by atoms with Crippen molar-refractivity contribution in [3.05, 3.63) is 65.9 Å². The van der Waals surface area contributed by atoms with Crippen LogP contribution in [0.2, 0.25) is 0 Å². The second-order valence-electron chi connectivity index (χ2n) is 5.11. The Morgan fingerprint density at radius 3 is 2.43 bits per heavy atom. The Hall–Kier alpha value is -2.25. The lowest BCUT2D eigenvalue weighted by Gasteiger charge is -2.06. The molecule has 0 aliphatic heterocycles. The van der Waals surface area contributed by atoms with Crippen LogP contribution in [-0.2, 0) is 16.4 Å². The van der Waals surface area contributed by atoms with E-state index < -0.39 is 15.8 Å². The minimum atomic E-state index is -3.69. The first-order valence-corrected chi connectivity index (χ1v) is 8.45. The number of nitrogens with one attached hydrogen (secondary N) is 2. The van der Waals surface area contributed by atoms with Gasteiger partial charge in [-0.1, -0.05) is 0 Å². The van der Waals surface area contributed by atoms with Crippen LogP contribution in [0.1, 0.15) is 5.56 Å². The molecule has 1 heterocycles. The van der Waals surface area contributed by atoms with Gasteiger partial charge in [0.25, 0.3) is 0 Å². The van der Waals surface area contributed by atoms with Gasteiger partial charge < -0.3 is 4.98 Å². The maximum atomic E-state index is 13.3. The summed E-state index contributed by atoms with van der Waals surface area (Å²) < 4.78 is 52.8. The van der Waals surface area contributed by atoms with E-state index >= 15 is 0 Å². The molecule has 0 bridgehead atoms. The lowest BCUT2D eigenvalue weighted by atomic mass is 10.1. The Balaban J connectivity index is 1.70. The lowest BCUT2D eigenvalue weighted by Crippen LogP contribution is -2.25. The molecule has 2 aromatic carbocycles. The monoisotopic (exact) mass is 336 g/mol. The average Bonchev–Trinajstić information content (AvgIpc) is 2.90. The molecular weight excluding hydrogens is 322 g/mol. The second-order valence-corrected chi connectivity index (χ2v) is 6.87. The zero-order valence-electron chi connectivity index (χ0n) is 12.0. The summed E-state index contributed by atoms with van der Waals surface area (Å²) in [6.07, 6.45) is 2.14. The molecule has 23 heavy (non-hydrogen) atoms. The third kappa shape index (κ3) is 3.40. The largest absolute Gasteiger partial charge is 0.361 e. The molecule has 0 aliphatic carbocycles. The molecular formula is C16H14F2N2O2S. The summed E-state index contributed by atoms with van der Waals surface area (Å²) in [5.74, 6) is -0.838. The van der Waals surface area contributed by atoms with E-state index in [-0.39, 0.29) is 17.3 Å². The van der Waals surface area contributed by atoms with E-state index in [4.69, 9.17) is 0 Å². The highest BCUT2D eigenvalue weighted by molar-refractivity contribution is 7.89. The summed E-state index contributed by atoms with van der Waals surface area (Å²) in [4.78, 5) is 3.02. The number of fused-ring (bicyclic) bond motifs is 1. The number of aromatic amines is 1. The fourth-order valence-electron chi connectivity index (χ4n) is 2.37. The SMILES string of the molecule is O=S(=O)(NCCc1c[nH]c2ccc(F)cc12)c1ccc(F)cc1. The lowest BCUT2D eigenvalue weighted by molar-refractivity contribution is 0.580. The van der Waals surface area contributed by atoms with E-state index in [2.05, 4.69) is 9.71 Å². The minimum absolute atomic E-state index is 0.00358. The van der Waals surface area contributed by atoms with Gasteiger partial charge in [-0.15, -0.1) is 0 Å². The van der Waals surface area contributed by atoms with E-state index in [1.54, 1.807) is 12.3 Å². The Bertz CT molecular complexity index is 934. The first-order chi connectivity index (χ1) is 11.0. The van der Waals surface area contributed by atoms with Crippen LogP contribution >= 0.6 is 0 Å². The molecule has 0 unspecified atom stereocenters. The van der Waals surface area contributed by atoms with Crippen LogP contribution in [-0.4, -0.2) is 19.9 Å². The quantitative estimate of drug-likeness (QED) is 0.752. The van der Waals surface area contributed by atoms with E-state index in [0.717, 1.165) is 28.6 Å². The molecule has 3 aromatic rings. The van der Waals surface area contributed by atoms with E-state index in [1.807, 2.05) is 0 Å². The van der Waals surface area contributed by atoms with Gasteiger partial charge >= 0.3 is 0 Å². The summed E-state index contributed by atoms with van der Waals surface area (Å²) in [7, 11) is -3.69. The predicted molar refractivity (Wildman–Crippen MR) is 83.5 cm³/mol. The fraction of sp³-hybridized carbons (Fsp3) is 0.125. The zero-order valence-corrected chi connectivity index (χ0v) is 12.8. The van der Waals surface area contributed by atoms with Gasteiger partial charge in [-0.2, -0.15) is 0 Å². The number of aromatic nitrogens is 1. The van der Waals surface area contributed by atoms with Gasteiger partial charge in [-0.25, -0.2) is 21.9 Å². The van der Waals surface area contributed by atoms with Gasteiger partial charge in [0.1, 0.15) is 11.6 Å². The Kier molecular flexibility index (Phi) is 4.14. The molecule has 7 heteroatoms. The number of rotatable bonds is 5.